The molecule has 0 unspecified atom stereocenters. The zero-order chi connectivity index (χ0) is 29.5. The molecule has 0 spiro atoms. The Morgan fingerprint density at radius 1 is 0.810 bits per heavy atom. The van der Waals surface area contributed by atoms with Crippen LogP contribution in [0.1, 0.15) is 70.6 Å². The zero-order valence-corrected chi connectivity index (χ0v) is 25.9. The largest absolute Gasteiger partial charge is 0.457 e. The van der Waals surface area contributed by atoms with Gasteiger partial charge in [0.2, 0.25) is 5.69 Å². The Bertz CT molecular complexity index is 1680. The fraction of sp³-hybridized carbons (Fsp3) is 0.308. The maximum Gasteiger partial charge on any atom is 0.209 e. The summed E-state index contributed by atoms with van der Waals surface area (Å²) >= 11 is 0. The van der Waals surface area contributed by atoms with Gasteiger partial charge in [0.1, 0.15) is 18.6 Å². The minimum absolute atomic E-state index is 0.0636. The molecule has 214 valence electrons. The molecule has 6 rings (SSSR count). The molecule has 42 heavy (non-hydrogen) atoms. The highest BCUT2D eigenvalue weighted by Gasteiger charge is 2.42. The summed E-state index contributed by atoms with van der Waals surface area (Å²) in [5, 5.41) is 3.67. The molecular weight excluding hydrogens is 512 g/mol. The van der Waals surface area contributed by atoms with Crippen LogP contribution in [0.15, 0.2) is 120 Å². The lowest BCUT2D eigenvalue weighted by Crippen LogP contribution is -2.26. The Morgan fingerprint density at radius 2 is 1.52 bits per heavy atom. The summed E-state index contributed by atoms with van der Waals surface area (Å²) in [6, 6.07) is 25.9. The summed E-state index contributed by atoms with van der Waals surface area (Å²) in [5.41, 5.74) is 11.4. The van der Waals surface area contributed by atoms with Crippen LogP contribution in [0.2, 0.25) is 0 Å². The molecule has 3 nitrogen and oxygen atoms in total. The van der Waals surface area contributed by atoms with E-state index >= 15 is 0 Å². The molecule has 3 heteroatoms. The van der Waals surface area contributed by atoms with E-state index in [9.17, 15) is 0 Å². The number of para-hydroxylation sites is 2. The van der Waals surface area contributed by atoms with E-state index < -0.39 is 0 Å². The number of rotatable bonds is 6. The van der Waals surface area contributed by atoms with Crippen molar-refractivity contribution in [2.45, 2.75) is 71.1 Å². The maximum absolute atomic E-state index is 6.75. The van der Waals surface area contributed by atoms with Crippen LogP contribution in [0.3, 0.4) is 0 Å². The van der Waals surface area contributed by atoms with E-state index in [0.29, 0.717) is 0 Å². The summed E-state index contributed by atoms with van der Waals surface area (Å²) in [5.74, 6) is 1.88. The van der Waals surface area contributed by atoms with Gasteiger partial charge in [0.25, 0.3) is 0 Å². The number of nitrogens with zero attached hydrogens (tertiary/aromatic N) is 1. The van der Waals surface area contributed by atoms with Gasteiger partial charge in [-0.15, -0.1) is 0 Å². The number of aryl methyl sites for hydroxylation is 1. The molecule has 0 aromatic heterocycles. The molecule has 0 atom stereocenters. The summed E-state index contributed by atoms with van der Waals surface area (Å²) in [7, 11) is 2.18. The molecular formula is C39H43N2O+. The lowest BCUT2D eigenvalue weighted by atomic mass is 9.81. The van der Waals surface area contributed by atoms with Gasteiger partial charge < -0.3 is 10.1 Å². The average molecular weight is 556 g/mol. The van der Waals surface area contributed by atoms with E-state index in [0.717, 1.165) is 37.2 Å². The number of hydrogen-bond acceptors (Lipinski definition) is 2. The third-order valence-electron chi connectivity index (χ3n) is 9.40. The number of allylic oxidation sites excluding steroid dienone is 7. The Hall–Kier alpha value is -4.11. The van der Waals surface area contributed by atoms with Crippen molar-refractivity contribution in [3.05, 3.63) is 136 Å². The molecule has 3 aromatic rings. The number of hydrogen-bond donors (Lipinski definition) is 1. The van der Waals surface area contributed by atoms with Crippen molar-refractivity contribution in [1.29, 1.82) is 0 Å². The Morgan fingerprint density at radius 3 is 2.24 bits per heavy atom. The standard InChI is InChI=1S/C39H42N2O/c1-7-27-19-23-30(24-20-27)42-37-28(21-25-35-38(2,3)31-15-8-10-17-33(31)40-35)13-12-14-29(37)22-26-36-39(4,5)32-16-9-11-18-34(32)41(36)6/h8-11,15-26H,7,12-14H2,1-6H3/p+1. The summed E-state index contributed by atoms with van der Waals surface area (Å²) in [6.07, 6.45) is 13.3. The van der Waals surface area contributed by atoms with Gasteiger partial charge in [0.15, 0.2) is 5.71 Å². The quantitative estimate of drug-likeness (QED) is 0.306. The molecule has 0 fully saturated rings. The minimum Gasteiger partial charge on any atom is -0.457 e. The number of benzene rings is 3. The van der Waals surface area contributed by atoms with Gasteiger partial charge in [-0.3, -0.25) is 0 Å². The van der Waals surface area contributed by atoms with Crippen molar-refractivity contribution in [2.24, 2.45) is 0 Å². The molecule has 0 saturated heterocycles. The molecule has 2 aliphatic heterocycles. The summed E-state index contributed by atoms with van der Waals surface area (Å²) in [4.78, 5) is 0. The van der Waals surface area contributed by atoms with E-state index in [1.165, 1.54) is 50.6 Å². The van der Waals surface area contributed by atoms with Crippen LogP contribution in [-0.2, 0) is 17.3 Å². The fourth-order valence-corrected chi connectivity index (χ4v) is 6.76. The zero-order valence-electron chi connectivity index (χ0n) is 25.9. The van der Waals surface area contributed by atoms with Crippen LogP contribution in [0.5, 0.6) is 5.75 Å². The summed E-state index contributed by atoms with van der Waals surface area (Å²) < 4.78 is 9.09. The van der Waals surface area contributed by atoms with E-state index in [2.05, 4.69) is 149 Å². The van der Waals surface area contributed by atoms with Crippen LogP contribution in [0.4, 0.5) is 11.4 Å². The predicted octanol–water partition coefficient (Wildman–Crippen LogP) is 9.54. The first-order chi connectivity index (χ1) is 20.2. The third-order valence-corrected chi connectivity index (χ3v) is 9.40. The lowest BCUT2D eigenvalue weighted by molar-refractivity contribution is -0.401. The molecule has 1 N–H and O–H groups in total. The normalized spacial score (nSPS) is 20.8. The monoisotopic (exact) mass is 555 g/mol. The summed E-state index contributed by atoms with van der Waals surface area (Å²) in [6.45, 7) is 11.4. The molecule has 3 aromatic carbocycles. The SMILES string of the molecule is CCc1ccc(OC2=C(/C=C/C3=[N+](C)c4ccccc4C3(C)C)CCC/C2=C\C=C2\Nc3ccccc3C2(C)C)cc1. The van der Waals surface area contributed by atoms with Crippen LogP contribution < -0.4 is 10.1 Å². The van der Waals surface area contributed by atoms with Crippen LogP contribution >= 0.6 is 0 Å². The first kappa shape index (κ1) is 28.0. The van der Waals surface area contributed by atoms with E-state index in [1.54, 1.807) is 0 Å². The Kier molecular flexibility index (Phi) is 7.30. The van der Waals surface area contributed by atoms with Crippen molar-refractivity contribution >= 4 is 17.1 Å². The molecule has 3 aliphatic rings. The first-order valence-electron chi connectivity index (χ1n) is 15.4. The lowest BCUT2D eigenvalue weighted by Gasteiger charge is -2.23. The first-order valence-corrected chi connectivity index (χ1v) is 15.4. The molecule has 1 aliphatic carbocycles. The van der Waals surface area contributed by atoms with Gasteiger partial charge in [-0.05, 0) is 92.2 Å². The Labute approximate surface area is 251 Å². The van der Waals surface area contributed by atoms with Crippen molar-refractivity contribution in [3.63, 3.8) is 0 Å². The predicted molar refractivity (Wildman–Crippen MR) is 176 cm³/mol. The van der Waals surface area contributed by atoms with E-state index in [1.807, 2.05) is 0 Å². The molecule has 0 saturated carbocycles. The van der Waals surface area contributed by atoms with E-state index in [4.69, 9.17) is 4.74 Å². The molecule has 2 heterocycles. The number of nitrogens with one attached hydrogen (secondary N) is 1. The number of anilines is 1. The highest BCUT2D eigenvalue weighted by molar-refractivity contribution is 6.03. The highest BCUT2D eigenvalue weighted by atomic mass is 16.5. The highest BCUT2D eigenvalue weighted by Crippen LogP contribution is 2.44. The maximum atomic E-state index is 6.75. The van der Waals surface area contributed by atoms with Crippen molar-refractivity contribution in [3.8, 4) is 5.75 Å². The topological polar surface area (TPSA) is 24.3 Å². The van der Waals surface area contributed by atoms with Gasteiger partial charge in [-0.2, -0.15) is 4.58 Å². The smallest absolute Gasteiger partial charge is 0.209 e. The van der Waals surface area contributed by atoms with Crippen molar-refractivity contribution in [1.82, 2.24) is 0 Å². The second-order valence-corrected chi connectivity index (χ2v) is 12.8. The fourth-order valence-electron chi connectivity index (χ4n) is 6.76. The number of fused-ring (bicyclic) bond motifs is 2. The van der Waals surface area contributed by atoms with Crippen molar-refractivity contribution < 1.29 is 9.31 Å². The Balaban J connectivity index is 1.39. The molecule has 0 amide bonds. The van der Waals surface area contributed by atoms with Gasteiger partial charge in [0, 0.05) is 34.5 Å². The third kappa shape index (κ3) is 4.96. The van der Waals surface area contributed by atoms with Crippen LogP contribution in [0, 0.1) is 0 Å². The van der Waals surface area contributed by atoms with Crippen LogP contribution in [0.25, 0.3) is 0 Å². The van der Waals surface area contributed by atoms with Gasteiger partial charge in [-0.25, -0.2) is 0 Å². The molecule has 0 bridgehead atoms. The minimum atomic E-state index is -0.0734. The average Bonchev–Trinajstić information content (AvgIpc) is 3.37. The number of ether oxygens (including phenoxy) is 1. The van der Waals surface area contributed by atoms with Crippen molar-refractivity contribution in [2.75, 3.05) is 12.4 Å². The van der Waals surface area contributed by atoms with Gasteiger partial charge >= 0.3 is 0 Å². The molecule has 0 radical (unpaired) electrons. The second-order valence-electron chi connectivity index (χ2n) is 12.8. The van der Waals surface area contributed by atoms with Gasteiger partial charge in [0.05, 0.1) is 5.41 Å². The second kappa shape index (κ2) is 10.9. The van der Waals surface area contributed by atoms with E-state index in [-0.39, 0.29) is 10.8 Å². The van der Waals surface area contributed by atoms with Crippen LogP contribution in [-0.4, -0.2) is 17.3 Å². The van der Waals surface area contributed by atoms with Gasteiger partial charge in [-0.1, -0.05) is 75.4 Å².